The summed E-state index contributed by atoms with van der Waals surface area (Å²) < 4.78 is 5.37. The fraction of sp³-hybridized carbons (Fsp3) is 0.421. The lowest BCUT2D eigenvalue weighted by atomic mass is 9.83. The zero-order valence-corrected chi connectivity index (χ0v) is 28.6. The van der Waals surface area contributed by atoms with Crippen molar-refractivity contribution in [1.29, 1.82) is 0 Å². The molecular weight excluding hydrogens is 622 g/mol. The molecule has 0 spiro atoms. The van der Waals surface area contributed by atoms with Gasteiger partial charge in [0.1, 0.15) is 17.4 Å². The second-order valence-corrected chi connectivity index (χ2v) is 13.6. The average Bonchev–Trinajstić information content (AvgIpc) is 3.07. The number of hydrogen-bond donors (Lipinski definition) is 4. The third-order valence-corrected chi connectivity index (χ3v) is 8.72. The summed E-state index contributed by atoms with van der Waals surface area (Å²) in [4.78, 5) is 56.6. The molecule has 11 heteroatoms. The number of anilines is 1. The lowest BCUT2D eigenvalue weighted by Crippen LogP contribution is -2.50. The van der Waals surface area contributed by atoms with Gasteiger partial charge in [0, 0.05) is 68.1 Å². The SMILES string of the molecule is CC(C)(C)OC(=O)N[C@@H](Cc1ccc(O)cc1)C(=O)NCCCN1CCN(CCCNc2cccc3c2C(=O)c2ccccc2C3=O)CC1. The maximum Gasteiger partial charge on any atom is 0.408 e. The highest BCUT2D eigenvalue weighted by atomic mass is 16.6. The molecule has 1 heterocycles. The number of rotatable bonds is 13. The fourth-order valence-electron chi connectivity index (χ4n) is 6.22. The van der Waals surface area contributed by atoms with Crippen LogP contribution < -0.4 is 16.0 Å². The summed E-state index contributed by atoms with van der Waals surface area (Å²) in [7, 11) is 0. The van der Waals surface area contributed by atoms with E-state index in [0.29, 0.717) is 41.0 Å². The molecule has 260 valence electrons. The number of carbonyl (C=O) groups excluding carboxylic acids is 4. The van der Waals surface area contributed by atoms with Crippen LogP contribution in [-0.2, 0) is 16.0 Å². The van der Waals surface area contributed by atoms with Gasteiger partial charge in [-0.1, -0.05) is 48.5 Å². The normalized spacial score (nSPS) is 15.6. The summed E-state index contributed by atoms with van der Waals surface area (Å²) in [6.07, 6.45) is 1.29. The third kappa shape index (κ3) is 9.67. The van der Waals surface area contributed by atoms with Crippen molar-refractivity contribution in [2.75, 3.05) is 57.7 Å². The first-order valence-electron chi connectivity index (χ1n) is 17.0. The van der Waals surface area contributed by atoms with Crippen molar-refractivity contribution in [3.8, 4) is 5.75 Å². The molecule has 0 aromatic heterocycles. The monoisotopic (exact) mass is 669 g/mol. The van der Waals surface area contributed by atoms with E-state index in [4.69, 9.17) is 4.74 Å². The number of piperazine rings is 1. The zero-order valence-electron chi connectivity index (χ0n) is 28.6. The Morgan fingerprint density at radius 2 is 1.39 bits per heavy atom. The summed E-state index contributed by atoms with van der Waals surface area (Å²) in [6.45, 7) is 12.0. The molecule has 1 atom stereocenters. The Hall–Kier alpha value is -4.74. The first-order valence-corrected chi connectivity index (χ1v) is 17.0. The largest absolute Gasteiger partial charge is 0.508 e. The minimum atomic E-state index is -0.815. The number of phenolic OH excluding ortho intramolecular Hbond substituents is 1. The van der Waals surface area contributed by atoms with Crippen LogP contribution >= 0.6 is 0 Å². The summed E-state index contributed by atoms with van der Waals surface area (Å²) >= 11 is 0. The summed E-state index contributed by atoms with van der Waals surface area (Å²) in [6, 6.07) is 18.2. The Bertz CT molecular complexity index is 1640. The van der Waals surface area contributed by atoms with Crippen LogP contribution in [0.25, 0.3) is 0 Å². The van der Waals surface area contributed by atoms with Crippen molar-refractivity contribution in [1.82, 2.24) is 20.4 Å². The molecule has 4 N–H and O–H groups in total. The number of ketones is 2. The molecular formula is C38H47N5O6. The van der Waals surface area contributed by atoms with Gasteiger partial charge in [-0.15, -0.1) is 0 Å². The van der Waals surface area contributed by atoms with Gasteiger partial charge in [0.05, 0.1) is 5.56 Å². The van der Waals surface area contributed by atoms with Crippen molar-refractivity contribution < 1.29 is 29.0 Å². The molecule has 0 saturated carbocycles. The van der Waals surface area contributed by atoms with Gasteiger partial charge in [-0.2, -0.15) is 0 Å². The number of ether oxygens (including phenoxy) is 1. The lowest BCUT2D eigenvalue weighted by Gasteiger charge is -2.34. The molecule has 1 aliphatic heterocycles. The first kappa shape index (κ1) is 35.6. The molecule has 0 bridgehead atoms. The number of phenols is 1. The Balaban J connectivity index is 1.01. The van der Waals surface area contributed by atoms with E-state index in [1.165, 1.54) is 0 Å². The van der Waals surface area contributed by atoms with Gasteiger partial charge in [-0.05, 0) is 70.5 Å². The molecule has 3 aromatic rings. The lowest BCUT2D eigenvalue weighted by molar-refractivity contribution is -0.123. The molecule has 1 aliphatic carbocycles. The van der Waals surface area contributed by atoms with Crippen LogP contribution in [0, 0.1) is 0 Å². The summed E-state index contributed by atoms with van der Waals surface area (Å²) in [5, 5.41) is 18.7. The van der Waals surface area contributed by atoms with Gasteiger partial charge < -0.3 is 35.6 Å². The van der Waals surface area contributed by atoms with Gasteiger partial charge >= 0.3 is 6.09 Å². The van der Waals surface area contributed by atoms with E-state index in [2.05, 4.69) is 25.8 Å². The van der Waals surface area contributed by atoms with Crippen LogP contribution in [0.5, 0.6) is 5.75 Å². The highest BCUT2D eigenvalue weighted by molar-refractivity contribution is 6.30. The van der Waals surface area contributed by atoms with Crippen LogP contribution in [0.15, 0.2) is 66.7 Å². The van der Waals surface area contributed by atoms with Crippen LogP contribution in [0.2, 0.25) is 0 Å². The highest BCUT2D eigenvalue weighted by Crippen LogP contribution is 2.32. The van der Waals surface area contributed by atoms with Crippen molar-refractivity contribution in [3.63, 3.8) is 0 Å². The molecule has 1 saturated heterocycles. The quantitative estimate of drug-likeness (QED) is 0.154. The molecule has 0 radical (unpaired) electrons. The molecule has 2 aliphatic rings. The number of nitrogens with zero attached hydrogens (tertiary/aromatic N) is 2. The topological polar surface area (TPSA) is 140 Å². The third-order valence-electron chi connectivity index (χ3n) is 8.72. The summed E-state index contributed by atoms with van der Waals surface area (Å²) in [5.74, 6) is -0.377. The molecule has 5 rings (SSSR count). The van der Waals surface area contributed by atoms with Crippen LogP contribution in [0.1, 0.15) is 71.0 Å². The van der Waals surface area contributed by atoms with Crippen molar-refractivity contribution in [2.45, 2.75) is 51.7 Å². The smallest absolute Gasteiger partial charge is 0.408 e. The van der Waals surface area contributed by atoms with E-state index in [9.17, 15) is 24.3 Å². The van der Waals surface area contributed by atoms with E-state index in [-0.39, 0.29) is 29.6 Å². The first-order chi connectivity index (χ1) is 23.5. The van der Waals surface area contributed by atoms with E-state index in [0.717, 1.165) is 57.7 Å². The zero-order chi connectivity index (χ0) is 35.0. The number of benzene rings is 3. The number of hydrogen-bond acceptors (Lipinski definition) is 9. The maximum atomic E-state index is 13.2. The molecule has 3 aromatic carbocycles. The molecule has 0 unspecified atom stereocenters. The van der Waals surface area contributed by atoms with Gasteiger partial charge in [-0.3, -0.25) is 14.4 Å². The Morgan fingerprint density at radius 3 is 2.02 bits per heavy atom. The van der Waals surface area contributed by atoms with E-state index in [1.807, 2.05) is 12.1 Å². The van der Waals surface area contributed by atoms with Gasteiger partial charge in [-0.25, -0.2) is 4.79 Å². The van der Waals surface area contributed by atoms with Crippen molar-refractivity contribution in [2.24, 2.45) is 0 Å². The summed E-state index contributed by atoms with van der Waals surface area (Å²) in [5.41, 5.74) is 2.65. The molecule has 49 heavy (non-hydrogen) atoms. The van der Waals surface area contributed by atoms with Crippen LogP contribution in [0.4, 0.5) is 10.5 Å². The minimum Gasteiger partial charge on any atom is -0.508 e. The number of fused-ring (bicyclic) bond motifs is 2. The second kappa shape index (κ2) is 16.1. The Kier molecular flexibility index (Phi) is 11.7. The minimum absolute atomic E-state index is 0.112. The maximum absolute atomic E-state index is 13.2. The van der Waals surface area contributed by atoms with Crippen molar-refractivity contribution >= 4 is 29.3 Å². The number of nitrogens with one attached hydrogen (secondary N) is 3. The van der Waals surface area contributed by atoms with E-state index in [1.54, 1.807) is 75.4 Å². The molecule has 11 nitrogen and oxygen atoms in total. The van der Waals surface area contributed by atoms with E-state index >= 15 is 0 Å². The number of aromatic hydroxyl groups is 1. The average molecular weight is 670 g/mol. The molecule has 2 amide bonds. The standard InChI is InChI=1S/C38H47N5O6/c1-38(2,3)49-37(48)41-32(25-26-13-15-27(44)16-14-26)36(47)40-18-8-20-43-23-21-42(22-24-43)19-7-17-39-31-12-6-11-30-33(31)35(46)29-10-5-4-9-28(29)34(30)45/h4-6,9-16,32,39,44H,7-8,17-25H2,1-3H3,(H,40,47)(H,41,48)/t32-/m0/s1. The van der Waals surface area contributed by atoms with Gasteiger partial charge in [0.25, 0.3) is 0 Å². The highest BCUT2D eigenvalue weighted by Gasteiger charge is 2.31. The predicted molar refractivity (Wildman–Crippen MR) is 188 cm³/mol. The predicted octanol–water partition coefficient (Wildman–Crippen LogP) is 4.23. The Labute approximate surface area is 288 Å². The fourth-order valence-corrected chi connectivity index (χ4v) is 6.22. The Morgan fingerprint density at radius 1 is 0.796 bits per heavy atom. The van der Waals surface area contributed by atoms with Crippen LogP contribution in [0.3, 0.4) is 0 Å². The van der Waals surface area contributed by atoms with E-state index < -0.39 is 17.7 Å². The van der Waals surface area contributed by atoms with Crippen LogP contribution in [-0.4, -0.2) is 102 Å². The second-order valence-electron chi connectivity index (χ2n) is 13.6. The van der Waals surface area contributed by atoms with Gasteiger partial charge in [0.2, 0.25) is 5.91 Å². The molecule has 1 fully saturated rings. The van der Waals surface area contributed by atoms with Gasteiger partial charge in [0.15, 0.2) is 11.6 Å². The van der Waals surface area contributed by atoms with Crippen molar-refractivity contribution in [3.05, 3.63) is 94.5 Å². The number of alkyl carbamates (subject to hydrolysis) is 1. The number of carbonyl (C=O) groups is 4. The number of amides is 2.